The third kappa shape index (κ3) is 4.24. The fourth-order valence-electron chi connectivity index (χ4n) is 3.49. The van der Waals surface area contributed by atoms with E-state index in [1.807, 2.05) is 6.07 Å². The van der Waals surface area contributed by atoms with Gasteiger partial charge in [0.2, 0.25) is 5.91 Å². The summed E-state index contributed by atoms with van der Waals surface area (Å²) in [5.41, 5.74) is 8.50. The summed E-state index contributed by atoms with van der Waals surface area (Å²) in [7, 11) is 0. The number of carbonyl (C=O) groups is 2. The number of aryl methyl sites for hydroxylation is 1. The number of nitriles is 1. The van der Waals surface area contributed by atoms with Gasteiger partial charge in [0.05, 0.1) is 34.7 Å². The number of nitrogens with zero attached hydrogens (tertiary/aromatic N) is 5. The van der Waals surface area contributed by atoms with Gasteiger partial charge in [-0.3, -0.25) is 14.3 Å². The zero-order valence-electron chi connectivity index (χ0n) is 17.8. The van der Waals surface area contributed by atoms with Crippen molar-refractivity contribution in [1.82, 2.24) is 19.7 Å². The number of nitrogens with two attached hydrogens (primary N) is 1. The van der Waals surface area contributed by atoms with Gasteiger partial charge in [0.1, 0.15) is 23.3 Å². The van der Waals surface area contributed by atoms with Gasteiger partial charge in [-0.15, -0.1) is 0 Å². The van der Waals surface area contributed by atoms with Crippen molar-refractivity contribution in [3.05, 3.63) is 82.3 Å². The Hall–Kier alpha value is -4.65. The van der Waals surface area contributed by atoms with Crippen LogP contribution in [0.25, 0.3) is 10.9 Å². The number of carbonyl (C=O) groups excluding carboxylic acids is 2. The molecule has 0 atom stereocenters. The molecule has 0 radical (unpaired) electrons. The molecule has 0 saturated carbocycles. The second-order valence-corrected chi connectivity index (χ2v) is 7.40. The van der Waals surface area contributed by atoms with Crippen molar-refractivity contribution in [2.45, 2.75) is 20.4 Å². The Morgan fingerprint density at radius 3 is 2.67 bits per heavy atom. The lowest BCUT2D eigenvalue weighted by atomic mass is 10.1. The van der Waals surface area contributed by atoms with E-state index in [0.29, 0.717) is 34.7 Å². The monoisotopic (exact) mass is 443 g/mol. The molecule has 3 aromatic heterocycles. The molecule has 10 heteroatoms. The summed E-state index contributed by atoms with van der Waals surface area (Å²) in [4.78, 5) is 33.1. The molecule has 9 nitrogen and oxygen atoms in total. The molecule has 0 aliphatic rings. The highest BCUT2D eigenvalue weighted by Gasteiger charge is 2.19. The molecule has 0 aliphatic carbocycles. The average Bonchev–Trinajstić information content (AvgIpc) is 3.05. The maximum Gasteiger partial charge on any atom is 0.274 e. The minimum absolute atomic E-state index is 0.0719. The van der Waals surface area contributed by atoms with E-state index < -0.39 is 17.6 Å². The molecule has 0 fully saturated rings. The van der Waals surface area contributed by atoms with Crippen LogP contribution in [-0.4, -0.2) is 31.6 Å². The lowest BCUT2D eigenvalue weighted by molar-refractivity contribution is 0.100. The summed E-state index contributed by atoms with van der Waals surface area (Å²) in [6.07, 6.45) is 1.59. The van der Waals surface area contributed by atoms with Crippen LogP contribution in [-0.2, 0) is 6.54 Å². The molecule has 4 aromatic rings. The number of fused-ring (bicyclic) bond motifs is 1. The molecule has 3 N–H and O–H groups in total. The van der Waals surface area contributed by atoms with E-state index in [2.05, 4.69) is 20.4 Å². The van der Waals surface area contributed by atoms with Crippen molar-refractivity contribution in [2.75, 3.05) is 5.32 Å². The van der Waals surface area contributed by atoms with Crippen LogP contribution in [0, 0.1) is 31.0 Å². The Kier molecular flexibility index (Phi) is 5.54. The van der Waals surface area contributed by atoms with Crippen LogP contribution >= 0.6 is 0 Å². The molecule has 164 valence electrons. The smallest absolute Gasteiger partial charge is 0.274 e. The first-order chi connectivity index (χ1) is 15.8. The first kappa shape index (κ1) is 21.6. The van der Waals surface area contributed by atoms with Gasteiger partial charge in [0.25, 0.3) is 5.91 Å². The minimum Gasteiger partial charge on any atom is -0.366 e. The molecule has 0 bridgehead atoms. The quantitative estimate of drug-likeness (QED) is 0.486. The fourth-order valence-corrected chi connectivity index (χ4v) is 3.49. The molecule has 3 heterocycles. The highest BCUT2D eigenvalue weighted by atomic mass is 19.1. The summed E-state index contributed by atoms with van der Waals surface area (Å²) in [6.45, 7) is 3.93. The van der Waals surface area contributed by atoms with Crippen molar-refractivity contribution in [3.8, 4) is 6.07 Å². The van der Waals surface area contributed by atoms with Gasteiger partial charge in [-0.2, -0.15) is 10.4 Å². The highest BCUT2D eigenvalue weighted by molar-refractivity contribution is 6.10. The Morgan fingerprint density at radius 2 is 2.00 bits per heavy atom. The molecule has 33 heavy (non-hydrogen) atoms. The summed E-state index contributed by atoms with van der Waals surface area (Å²) < 4.78 is 15.4. The first-order valence-electron chi connectivity index (χ1n) is 9.87. The molecule has 0 unspecified atom stereocenters. The highest BCUT2D eigenvalue weighted by Crippen LogP contribution is 2.23. The number of pyridine rings is 2. The molecule has 4 rings (SSSR count). The number of primary amides is 1. The Labute approximate surface area is 187 Å². The van der Waals surface area contributed by atoms with Crippen molar-refractivity contribution in [2.24, 2.45) is 5.73 Å². The van der Waals surface area contributed by atoms with Crippen molar-refractivity contribution in [1.29, 1.82) is 5.26 Å². The summed E-state index contributed by atoms with van der Waals surface area (Å²) >= 11 is 0. The van der Waals surface area contributed by atoms with E-state index in [-0.39, 0.29) is 16.8 Å². The van der Waals surface area contributed by atoms with Crippen LogP contribution in [0.2, 0.25) is 0 Å². The normalized spacial score (nSPS) is 10.7. The number of anilines is 1. The van der Waals surface area contributed by atoms with E-state index in [0.717, 1.165) is 11.6 Å². The van der Waals surface area contributed by atoms with Crippen molar-refractivity contribution in [3.63, 3.8) is 0 Å². The van der Waals surface area contributed by atoms with Crippen molar-refractivity contribution < 1.29 is 14.0 Å². The maximum atomic E-state index is 13.7. The number of aromatic nitrogens is 4. The van der Waals surface area contributed by atoms with Crippen LogP contribution in [0.15, 0.2) is 42.6 Å². The molecule has 0 aliphatic heterocycles. The number of halogens is 1. The number of nitrogens with one attached hydrogen (secondary N) is 1. The Bertz CT molecular complexity index is 1450. The first-order valence-corrected chi connectivity index (χ1v) is 9.87. The van der Waals surface area contributed by atoms with Crippen molar-refractivity contribution >= 4 is 28.4 Å². The Balaban J connectivity index is 1.64. The predicted molar refractivity (Wildman–Crippen MR) is 118 cm³/mol. The summed E-state index contributed by atoms with van der Waals surface area (Å²) in [5.74, 6) is -1.89. The van der Waals surface area contributed by atoms with Gasteiger partial charge in [0, 0.05) is 17.6 Å². The van der Waals surface area contributed by atoms with E-state index in [9.17, 15) is 14.0 Å². The molecular formula is C23H18FN7O2. The lowest BCUT2D eigenvalue weighted by Crippen LogP contribution is -2.18. The third-order valence-corrected chi connectivity index (χ3v) is 5.16. The van der Waals surface area contributed by atoms with E-state index in [1.165, 1.54) is 18.2 Å². The van der Waals surface area contributed by atoms with Crippen LogP contribution < -0.4 is 11.1 Å². The summed E-state index contributed by atoms with van der Waals surface area (Å²) in [6, 6.07) is 10.4. The van der Waals surface area contributed by atoms with E-state index >= 15 is 0 Å². The number of rotatable bonds is 5. The largest absolute Gasteiger partial charge is 0.366 e. The van der Waals surface area contributed by atoms with Gasteiger partial charge in [0.15, 0.2) is 0 Å². The van der Waals surface area contributed by atoms with E-state index in [4.69, 9.17) is 11.0 Å². The molecule has 0 spiro atoms. The molecule has 2 amide bonds. The molecule has 0 saturated heterocycles. The van der Waals surface area contributed by atoms with Crippen LogP contribution in [0.3, 0.4) is 0 Å². The standard InChI is InChI=1S/C23H18FN7O2/c1-12-21(13(2)31(30-12)11-14-3-5-16(9-25)27-10-14)29-23(33)20-8-18(22(26)32)17-6-4-15(24)7-19(17)28-20/h3-8,10H,11H2,1-2H3,(H2,26,32)(H,29,33). The minimum atomic E-state index is -0.751. The second kappa shape index (κ2) is 8.47. The van der Waals surface area contributed by atoms with Gasteiger partial charge >= 0.3 is 0 Å². The predicted octanol–water partition coefficient (Wildman–Crippen LogP) is 2.85. The number of hydrogen-bond acceptors (Lipinski definition) is 6. The maximum absolute atomic E-state index is 13.7. The number of benzene rings is 1. The molecular weight excluding hydrogens is 425 g/mol. The van der Waals surface area contributed by atoms with Crippen LogP contribution in [0.5, 0.6) is 0 Å². The van der Waals surface area contributed by atoms with Crippen LogP contribution in [0.4, 0.5) is 10.1 Å². The number of hydrogen-bond donors (Lipinski definition) is 2. The third-order valence-electron chi connectivity index (χ3n) is 5.16. The lowest BCUT2D eigenvalue weighted by Gasteiger charge is -2.09. The zero-order chi connectivity index (χ0) is 23.7. The Morgan fingerprint density at radius 1 is 1.21 bits per heavy atom. The SMILES string of the molecule is Cc1nn(Cc2ccc(C#N)nc2)c(C)c1NC(=O)c1cc(C(N)=O)c2ccc(F)cc2n1. The van der Waals surface area contributed by atoms with Gasteiger partial charge in [-0.25, -0.2) is 14.4 Å². The van der Waals surface area contributed by atoms with Gasteiger partial charge in [-0.05, 0) is 43.7 Å². The summed E-state index contributed by atoms with van der Waals surface area (Å²) in [5, 5.41) is 16.5. The average molecular weight is 443 g/mol. The van der Waals surface area contributed by atoms with Gasteiger partial charge in [-0.1, -0.05) is 6.07 Å². The fraction of sp³-hybridized carbons (Fsp3) is 0.130. The van der Waals surface area contributed by atoms with E-state index in [1.54, 1.807) is 36.9 Å². The topological polar surface area (TPSA) is 140 Å². The van der Waals surface area contributed by atoms with Gasteiger partial charge < -0.3 is 11.1 Å². The number of amides is 2. The van der Waals surface area contributed by atoms with Crippen LogP contribution in [0.1, 0.15) is 43.5 Å². The second-order valence-electron chi connectivity index (χ2n) is 7.40. The molecule has 1 aromatic carbocycles. The zero-order valence-corrected chi connectivity index (χ0v) is 17.8.